The first kappa shape index (κ1) is 21.6. The second-order valence-corrected chi connectivity index (χ2v) is 11.7. The van der Waals surface area contributed by atoms with Crippen molar-refractivity contribution in [1.82, 2.24) is 0 Å². The molecule has 3 fully saturated rings. The van der Waals surface area contributed by atoms with Crippen molar-refractivity contribution < 1.29 is 8.78 Å². The monoisotopic (exact) mass is 404 g/mol. The number of hydrogen-bond donors (Lipinski definition) is 0. The lowest BCUT2D eigenvalue weighted by atomic mass is 9.50. The maximum absolute atomic E-state index is 14.2. The topological polar surface area (TPSA) is 0 Å². The summed E-state index contributed by atoms with van der Waals surface area (Å²) in [6, 6.07) is 0. The highest BCUT2D eigenvalue weighted by molar-refractivity contribution is 5.38. The van der Waals surface area contributed by atoms with E-state index in [4.69, 9.17) is 0 Å². The standard InChI is InChI=1S/C27H42F2/c1-18(2)27(28,29)17-13-19(3)22-11-12-23-21-10-9-20-8-6-7-15-25(20,4)24(21)14-16-26(22,23)5/h9-10,18-19,22-24H,6-8,11-17H2,1-5H3/t19-,22-,23+,24+,25+,26-/m1/s1. The van der Waals surface area contributed by atoms with Crippen LogP contribution in [0.1, 0.15) is 98.8 Å². The summed E-state index contributed by atoms with van der Waals surface area (Å²) in [5.41, 5.74) is 4.15. The van der Waals surface area contributed by atoms with Gasteiger partial charge in [0.2, 0.25) is 5.92 Å². The van der Waals surface area contributed by atoms with E-state index in [1.807, 2.05) is 0 Å². The number of allylic oxidation sites excluding steroid dienone is 4. The van der Waals surface area contributed by atoms with E-state index in [2.05, 4.69) is 32.9 Å². The first-order valence-corrected chi connectivity index (χ1v) is 12.4. The molecule has 0 unspecified atom stereocenters. The van der Waals surface area contributed by atoms with Crippen molar-refractivity contribution in [3.8, 4) is 0 Å². The summed E-state index contributed by atoms with van der Waals surface area (Å²) in [5, 5.41) is 0. The van der Waals surface area contributed by atoms with Gasteiger partial charge < -0.3 is 0 Å². The molecule has 4 aliphatic rings. The van der Waals surface area contributed by atoms with Crippen LogP contribution in [0.3, 0.4) is 0 Å². The fraction of sp³-hybridized carbons (Fsp3) is 0.852. The Morgan fingerprint density at radius 3 is 2.48 bits per heavy atom. The summed E-state index contributed by atoms with van der Waals surface area (Å²) >= 11 is 0. The summed E-state index contributed by atoms with van der Waals surface area (Å²) in [6.45, 7) is 10.6. The van der Waals surface area contributed by atoms with Gasteiger partial charge in [0.1, 0.15) is 0 Å². The van der Waals surface area contributed by atoms with Crippen LogP contribution in [-0.4, -0.2) is 5.92 Å². The summed E-state index contributed by atoms with van der Waals surface area (Å²) in [5.74, 6) is -0.667. The molecule has 0 saturated heterocycles. The number of halogens is 2. The van der Waals surface area contributed by atoms with E-state index in [0.29, 0.717) is 35.0 Å². The van der Waals surface area contributed by atoms with Gasteiger partial charge in [0.25, 0.3) is 0 Å². The Bertz CT molecular complexity index is 687. The molecule has 0 aliphatic heterocycles. The molecule has 164 valence electrons. The van der Waals surface area contributed by atoms with Gasteiger partial charge in [0.05, 0.1) is 0 Å². The molecule has 0 aromatic heterocycles. The molecule has 0 bridgehead atoms. The van der Waals surface area contributed by atoms with Crippen molar-refractivity contribution in [2.45, 2.75) is 105 Å². The zero-order chi connectivity index (χ0) is 21.0. The van der Waals surface area contributed by atoms with Crippen LogP contribution in [0.4, 0.5) is 8.78 Å². The van der Waals surface area contributed by atoms with Crippen molar-refractivity contribution in [3.05, 3.63) is 23.3 Å². The van der Waals surface area contributed by atoms with Crippen molar-refractivity contribution in [2.24, 2.45) is 40.4 Å². The molecule has 2 heteroatoms. The van der Waals surface area contributed by atoms with Gasteiger partial charge in [-0.25, -0.2) is 8.78 Å². The van der Waals surface area contributed by atoms with E-state index in [9.17, 15) is 8.78 Å². The van der Waals surface area contributed by atoms with Gasteiger partial charge in [-0.3, -0.25) is 0 Å². The van der Waals surface area contributed by atoms with Gasteiger partial charge in [-0.15, -0.1) is 0 Å². The second kappa shape index (κ2) is 7.49. The van der Waals surface area contributed by atoms with Crippen molar-refractivity contribution >= 4 is 0 Å². The lowest BCUT2D eigenvalue weighted by Gasteiger charge is -2.54. The van der Waals surface area contributed by atoms with E-state index in [0.717, 1.165) is 5.92 Å². The maximum atomic E-state index is 14.2. The predicted molar refractivity (Wildman–Crippen MR) is 118 cm³/mol. The van der Waals surface area contributed by atoms with Crippen LogP contribution in [0.25, 0.3) is 0 Å². The van der Waals surface area contributed by atoms with E-state index in [1.54, 1.807) is 25.0 Å². The lowest BCUT2D eigenvalue weighted by molar-refractivity contribution is -0.0605. The highest BCUT2D eigenvalue weighted by Gasteiger charge is 2.56. The fourth-order valence-corrected chi connectivity index (χ4v) is 7.92. The Kier molecular flexibility index (Phi) is 5.57. The number of hydrogen-bond acceptors (Lipinski definition) is 0. The molecule has 0 heterocycles. The number of fused-ring (bicyclic) bond motifs is 5. The molecule has 29 heavy (non-hydrogen) atoms. The first-order valence-electron chi connectivity index (χ1n) is 12.4. The summed E-state index contributed by atoms with van der Waals surface area (Å²) < 4.78 is 28.5. The minimum Gasteiger partial charge on any atom is -0.207 e. The van der Waals surface area contributed by atoms with Gasteiger partial charge in [-0.1, -0.05) is 64.3 Å². The molecule has 0 nitrogen and oxygen atoms in total. The van der Waals surface area contributed by atoms with Crippen LogP contribution < -0.4 is 0 Å². The van der Waals surface area contributed by atoms with Crippen molar-refractivity contribution in [2.75, 3.05) is 0 Å². The van der Waals surface area contributed by atoms with Crippen LogP contribution in [0.2, 0.25) is 0 Å². The Labute approximate surface area is 177 Å². The molecule has 0 spiro atoms. The average Bonchev–Trinajstić information content (AvgIpc) is 3.03. The van der Waals surface area contributed by atoms with Crippen LogP contribution in [0, 0.1) is 40.4 Å². The molecule has 4 aliphatic carbocycles. The average molecular weight is 405 g/mol. The number of rotatable bonds is 5. The zero-order valence-electron chi connectivity index (χ0n) is 19.4. The van der Waals surface area contributed by atoms with E-state index >= 15 is 0 Å². The van der Waals surface area contributed by atoms with Gasteiger partial charge in [0.15, 0.2) is 0 Å². The van der Waals surface area contributed by atoms with Crippen LogP contribution in [0.5, 0.6) is 0 Å². The van der Waals surface area contributed by atoms with E-state index < -0.39 is 11.8 Å². The van der Waals surface area contributed by atoms with Crippen LogP contribution in [0.15, 0.2) is 23.3 Å². The molecule has 4 rings (SSSR count). The Morgan fingerprint density at radius 2 is 1.76 bits per heavy atom. The van der Waals surface area contributed by atoms with Crippen molar-refractivity contribution in [3.63, 3.8) is 0 Å². The predicted octanol–water partition coefficient (Wildman–Crippen LogP) is 8.58. The third-order valence-electron chi connectivity index (χ3n) is 10.0. The molecule has 0 aromatic carbocycles. The molecule has 3 saturated carbocycles. The normalized spacial score (nSPS) is 40.6. The van der Waals surface area contributed by atoms with Crippen molar-refractivity contribution in [1.29, 1.82) is 0 Å². The summed E-state index contributed by atoms with van der Waals surface area (Å²) in [6.07, 6.45) is 16.2. The fourth-order valence-electron chi connectivity index (χ4n) is 7.92. The molecule has 0 amide bonds. The molecule has 0 N–H and O–H groups in total. The highest BCUT2D eigenvalue weighted by atomic mass is 19.3. The largest absolute Gasteiger partial charge is 0.250 e. The van der Waals surface area contributed by atoms with E-state index in [1.165, 1.54) is 51.4 Å². The molecular formula is C27H42F2. The first-order chi connectivity index (χ1) is 13.6. The Morgan fingerprint density at radius 1 is 1.00 bits per heavy atom. The van der Waals surface area contributed by atoms with Gasteiger partial charge >= 0.3 is 0 Å². The van der Waals surface area contributed by atoms with Gasteiger partial charge in [-0.2, -0.15) is 0 Å². The van der Waals surface area contributed by atoms with Crippen LogP contribution in [-0.2, 0) is 0 Å². The Hall–Kier alpha value is -0.660. The Balaban J connectivity index is 1.52. The van der Waals surface area contributed by atoms with Gasteiger partial charge in [0, 0.05) is 12.3 Å². The second-order valence-electron chi connectivity index (χ2n) is 11.7. The summed E-state index contributed by atoms with van der Waals surface area (Å²) in [4.78, 5) is 0. The SMILES string of the molecule is CC(C)C(F)(F)CC[C@@H](C)[C@H]1CC[C@H]2C3=CC=C4CCCC[C@]4(C)[C@H]3CC[C@]12C. The highest BCUT2D eigenvalue weighted by Crippen LogP contribution is 2.66. The van der Waals surface area contributed by atoms with Crippen LogP contribution >= 0.6 is 0 Å². The van der Waals surface area contributed by atoms with E-state index in [-0.39, 0.29) is 6.42 Å². The van der Waals surface area contributed by atoms with Gasteiger partial charge in [-0.05, 0) is 85.9 Å². The molecule has 0 aromatic rings. The molecular weight excluding hydrogens is 362 g/mol. The number of alkyl halides is 2. The summed E-state index contributed by atoms with van der Waals surface area (Å²) in [7, 11) is 0. The zero-order valence-corrected chi connectivity index (χ0v) is 19.4. The lowest BCUT2D eigenvalue weighted by Crippen LogP contribution is -2.45. The third-order valence-corrected chi connectivity index (χ3v) is 10.0. The minimum atomic E-state index is -2.52. The molecule has 0 radical (unpaired) electrons. The quantitative estimate of drug-likeness (QED) is 0.430. The minimum absolute atomic E-state index is 0.0541. The molecule has 6 atom stereocenters. The maximum Gasteiger partial charge on any atom is 0.250 e. The third kappa shape index (κ3) is 3.45. The smallest absolute Gasteiger partial charge is 0.207 e.